The van der Waals surface area contributed by atoms with E-state index < -0.39 is 34.5 Å². The summed E-state index contributed by atoms with van der Waals surface area (Å²) in [7, 11) is -3.97. The number of rotatable bonds is 8. The number of alkyl halides is 3. The number of aryl methyl sites for hydroxylation is 1. The lowest BCUT2D eigenvalue weighted by atomic mass is 9.94. The van der Waals surface area contributed by atoms with Crippen LogP contribution < -0.4 is 5.32 Å². The Morgan fingerprint density at radius 1 is 1.13 bits per heavy atom. The van der Waals surface area contributed by atoms with Crippen molar-refractivity contribution in [1.82, 2.24) is 14.2 Å². The van der Waals surface area contributed by atoms with Gasteiger partial charge in [0.05, 0.1) is 6.42 Å². The van der Waals surface area contributed by atoms with Crippen molar-refractivity contribution in [1.29, 1.82) is 5.41 Å². The van der Waals surface area contributed by atoms with Gasteiger partial charge in [-0.15, -0.1) is 0 Å². The summed E-state index contributed by atoms with van der Waals surface area (Å²) in [6.45, 7) is 1.54. The number of anilines is 2. The fourth-order valence-corrected chi connectivity index (χ4v) is 5.87. The maximum atomic E-state index is 13.3. The topological polar surface area (TPSA) is 89.4 Å². The average Bonchev–Trinajstić information content (AvgIpc) is 2.89. The maximum Gasteiger partial charge on any atom is 0.390 e. The third-order valence-electron chi connectivity index (χ3n) is 6.45. The van der Waals surface area contributed by atoms with Crippen molar-refractivity contribution in [3.8, 4) is 0 Å². The number of sulfonamides is 1. The molecule has 4 rings (SSSR count). The zero-order valence-electron chi connectivity index (χ0n) is 20.5. The van der Waals surface area contributed by atoms with Gasteiger partial charge in [-0.25, -0.2) is 17.8 Å². The fraction of sp³-hybridized carbons (Fsp3) is 0.308. The molecule has 0 bridgehead atoms. The Balaban J connectivity index is 1.69. The number of hydrogen-bond acceptors (Lipinski definition) is 6. The molecule has 12 heteroatoms. The first-order valence-corrected chi connectivity index (χ1v) is 13.3. The quantitative estimate of drug-likeness (QED) is 0.295. The number of hydrogen-bond donors (Lipinski definition) is 2. The van der Waals surface area contributed by atoms with Crippen LogP contribution in [0.5, 0.6) is 0 Å². The van der Waals surface area contributed by atoms with E-state index in [1.165, 1.54) is 28.7 Å². The number of piperazine rings is 1. The Hall–Kier alpha value is -3.35. The SMILES string of the molecule is Cc1cc(Nc2ccc(F)cc2)c(C=N)cc1[C@@H]1CN(S(=O)(=O)c2ccccn2)CCN1CCC(F)(F)F. The van der Waals surface area contributed by atoms with Crippen LogP contribution in [0.4, 0.5) is 28.9 Å². The molecule has 2 aromatic carbocycles. The van der Waals surface area contributed by atoms with E-state index >= 15 is 0 Å². The van der Waals surface area contributed by atoms with Gasteiger partial charge in [0, 0.05) is 61.6 Å². The Kier molecular flexibility index (Phi) is 8.14. The van der Waals surface area contributed by atoms with Crippen LogP contribution in [0.2, 0.25) is 0 Å². The van der Waals surface area contributed by atoms with E-state index in [2.05, 4.69) is 10.3 Å². The average molecular weight is 550 g/mol. The zero-order chi connectivity index (χ0) is 27.5. The standard InChI is InChI=1S/C26H27F4N5O2S/c1-18-14-23(33-21-7-5-20(27)6-8-21)19(16-31)15-22(18)24-17-35(13-12-34(24)11-9-26(28,29)30)38(36,37)25-4-2-3-10-32-25/h2-8,10,14-16,24,31,33H,9,11-13,17H2,1H3/t24-/m0/s1. The molecular weight excluding hydrogens is 522 g/mol. The molecule has 38 heavy (non-hydrogen) atoms. The molecule has 1 aliphatic rings. The van der Waals surface area contributed by atoms with Gasteiger partial charge in [-0.05, 0) is 66.6 Å². The van der Waals surface area contributed by atoms with Crippen LogP contribution in [-0.2, 0) is 10.0 Å². The van der Waals surface area contributed by atoms with E-state index in [0.29, 0.717) is 28.1 Å². The molecule has 0 aliphatic carbocycles. The molecule has 1 saturated heterocycles. The van der Waals surface area contributed by atoms with Crippen molar-refractivity contribution in [3.63, 3.8) is 0 Å². The highest BCUT2D eigenvalue weighted by molar-refractivity contribution is 7.89. The lowest BCUT2D eigenvalue weighted by Gasteiger charge is -2.41. The molecule has 1 atom stereocenters. The van der Waals surface area contributed by atoms with Gasteiger partial charge < -0.3 is 10.7 Å². The number of nitrogens with one attached hydrogen (secondary N) is 2. The van der Waals surface area contributed by atoms with Crippen molar-refractivity contribution in [3.05, 3.63) is 83.3 Å². The number of pyridine rings is 1. The van der Waals surface area contributed by atoms with Crippen LogP contribution in [0.25, 0.3) is 0 Å². The Morgan fingerprint density at radius 3 is 2.50 bits per heavy atom. The van der Waals surface area contributed by atoms with Crippen molar-refractivity contribution in [2.24, 2.45) is 0 Å². The first kappa shape index (κ1) is 27.7. The molecule has 0 unspecified atom stereocenters. The van der Waals surface area contributed by atoms with Gasteiger partial charge in [0.15, 0.2) is 5.03 Å². The van der Waals surface area contributed by atoms with Gasteiger partial charge in [-0.1, -0.05) is 6.07 Å². The second-order valence-electron chi connectivity index (χ2n) is 9.02. The van der Waals surface area contributed by atoms with Gasteiger partial charge >= 0.3 is 6.18 Å². The zero-order valence-corrected chi connectivity index (χ0v) is 21.4. The first-order chi connectivity index (χ1) is 18.0. The van der Waals surface area contributed by atoms with Gasteiger partial charge in [-0.2, -0.15) is 17.5 Å². The minimum atomic E-state index is -4.36. The third-order valence-corrected chi connectivity index (χ3v) is 8.24. The molecule has 7 nitrogen and oxygen atoms in total. The van der Waals surface area contributed by atoms with E-state index in [9.17, 15) is 26.0 Å². The third kappa shape index (κ3) is 6.37. The molecule has 0 radical (unpaired) electrons. The number of halogens is 4. The van der Waals surface area contributed by atoms with Gasteiger partial charge in [0.2, 0.25) is 0 Å². The lowest BCUT2D eigenvalue weighted by Crippen LogP contribution is -2.51. The molecule has 2 heterocycles. The fourth-order valence-electron chi connectivity index (χ4n) is 4.50. The summed E-state index contributed by atoms with van der Waals surface area (Å²) in [5.41, 5.74) is 2.94. The number of benzene rings is 2. The monoisotopic (exact) mass is 549 g/mol. The van der Waals surface area contributed by atoms with Crippen molar-refractivity contribution in [2.45, 2.75) is 30.6 Å². The molecule has 1 fully saturated rings. The van der Waals surface area contributed by atoms with Crippen LogP contribution in [-0.4, -0.2) is 61.2 Å². The smallest absolute Gasteiger partial charge is 0.355 e. The second-order valence-corrected chi connectivity index (χ2v) is 10.9. The van der Waals surface area contributed by atoms with Crippen molar-refractivity contribution in [2.75, 3.05) is 31.5 Å². The summed E-state index contributed by atoms with van der Waals surface area (Å²) in [6.07, 6.45) is -2.91. The van der Waals surface area contributed by atoms with E-state index in [4.69, 9.17) is 5.41 Å². The Labute approximate surface area is 218 Å². The lowest BCUT2D eigenvalue weighted by molar-refractivity contribution is -0.140. The van der Waals surface area contributed by atoms with Crippen molar-refractivity contribution >= 4 is 27.6 Å². The van der Waals surface area contributed by atoms with Gasteiger partial charge in [-0.3, -0.25) is 4.90 Å². The normalized spacial score (nSPS) is 17.3. The van der Waals surface area contributed by atoms with E-state index in [-0.39, 0.29) is 31.2 Å². The predicted molar refractivity (Wildman–Crippen MR) is 137 cm³/mol. The van der Waals surface area contributed by atoms with Gasteiger partial charge in [0.25, 0.3) is 10.0 Å². The number of nitrogens with zero attached hydrogens (tertiary/aromatic N) is 3. The van der Waals surface area contributed by atoms with E-state index in [1.54, 1.807) is 48.2 Å². The van der Waals surface area contributed by atoms with E-state index in [1.807, 2.05) is 0 Å². The molecule has 0 saturated carbocycles. The highest BCUT2D eigenvalue weighted by Crippen LogP contribution is 2.35. The molecule has 1 aliphatic heterocycles. The summed E-state index contributed by atoms with van der Waals surface area (Å²) in [6, 6.07) is 13.0. The maximum absolute atomic E-state index is 13.3. The predicted octanol–water partition coefficient (Wildman–Crippen LogP) is 5.27. The van der Waals surface area contributed by atoms with Crippen LogP contribution in [0.15, 0.2) is 65.8 Å². The van der Waals surface area contributed by atoms with Gasteiger partial charge in [0.1, 0.15) is 5.82 Å². The summed E-state index contributed by atoms with van der Waals surface area (Å²) in [5.74, 6) is -0.393. The minimum Gasteiger partial charge on any atom is -0.355 e. The van der Waals surface area contributed by atoms with Crippen molar-refractivity contribution < 1.29 is 26.0 Å². The molecule has 1 aromatic heterocycles. The summed E-state index contributed by atoms with van der Waals surface area (Å²) in [4.78, 5) is 5.60. The summed E-state index contributed by atoms with van der Waals surface area (Å²) < 4.78 is 80.4. The Morgan fingerprint density at radius 2 is 1.87 bits per heavy atom. The van der Waals surface area contributed by atoms with Crippen LogP contribution in [0.3, 0.4) is 0 Å². The molecule has 0 amide bonds. The minimum absolute atomic E-state index is 0.0218. The van der Waals surface area contributed by atoms with Crippen LogP contribution in [0.1, 0.15) is 29.2 Å². The van der Waals surface area contributed by atoms with Crippen LogP contribution >= 0.6 is 0 Å². The van der Waals surface area contributed by atoms with Crippen LogP contribution in [0, 0.1) is 18.2 Å². The molecule has 3 aromatic rings. The molecular formula is C26H27F4N5O2S. The highest BCUT2D eigenvalue weighted by Gasteiger charge is 2.38. The van der Waals surface area contributed by atoms with E-state index in [0.717, 1.165) is 6.21 Å². The highest BCUT2D eigenvalue weighted by atomic mass is 32.2. The molecule has 202 valence electrons. The summed E-state index contributed by atoms with van der Waals surface area (Å²) in [5, 5.41) is 10.9. The molecule has 2 N–H and O–H groups in total. The molecule has 0 spiro atoms. The second kappa shape index (κ2) is 11.2. The first-order valence-electron chi connectivity index (χ1n) is 11.9. The summed E-state index contributed by atoms with van der Waals surface area (Å²) >= 11 is 0. The number of aromatic nitrogens is 1. The largest absolute Gasteiger partial charge is 0.390 e. The Bertz CT molecular complexity index is 1380.